The highest BCUT2D eigenvalue weighted by Crippen LogP contribution is 2.36. The maximum Gasteiger partial charge on any atom is 0.206 e. The molecule has 6 nitrogen and oxygen atoms in total. The van der Waals surface area contributed by atoms with Crippen molar-refractivity contribution in [1.82, 2.24) is 5.16 Å². The zero-order chi connectivity index (χ0) is 18.1. The second-order valence-electron chi connectivity index (χ2n) is 6.71. The summed E-state index contributed by atoms with van der Waals surface area (Å²) in [7, 11) is 1.87. The Kier molecular flexibility index (Phi) is 4.94. The van der Waals surface area contributed by atoms with Crippen LogP contribution in [0.2, 0.25) is 0 Å². The summed E-state index contributed by atoms with van der Waals surface area (Å²) in [5.41, 5.74) is 0.663. The molecule has 3 rings (SSSR count). The van der Waals surface area contributed by atoms with Gasteiger partial charge in [0.2, 0.25) is 5.58 Å². The fourth-order valence-corrected chi connectivity index (χ4v) is 3.52. The average molecular weight is 349 g/mol. The van der Waals surface area contributed by atoms with Gasteiger partial charge in [-0.3, -0.25) is 4.79 Å². The number of ether oxygens (including phenoxy) is 1. The lowest BCUT2D eigenvalue weighted by atomic mass is 10.1. The molecular weight excluding hydrogens is 325 g/mol. The van der Waals surface area contributed by atoms with Crippen LogP contribution in [0.3, 0.4) is 0 Å². The molecule has 0 amide bonds. The van der Waals surface area contributed by atoms with E-state index >= 15 is 4.39 Å². The normalized spacial score (nSPS) is 20.9. The Morgan fingerprint density at radius 2 is 2.08 bits per heavy atom. The number of aromatic nitrogens is 1. The molecule has 0 N–H and O–H groups in total. The molecule has 0 aliphatic carbocycles. The summed E-state index contributed by atoms with van der Waals surface area (Å²) in [6.07, 6.45) is 1.54. The summed E-state index contributed by atoms with van der Waals surface area (Å²) >= 11 is 0. The van der Waals surface area contributed by atoms with E-state index in [-0.39, 0.29) is 23.5 Å². The van der Waals surface area contributed by atoms with E-state index in [1.807, 2.05) is 30.7 Å². The highest BCUT2D eigenvalue weighted by molar-refractivity contribution is 5.99. The van der Waals surface area contributed by atoms with Crippen molar-refractivity contribution in [3.63, 3.8) is 0 Å². The molecule has 1 aliphatic rings. The summed E-state index contributed by atoms with van der Waals surface area (Å²) in [4.78, 5) is 15.4. The SMILES string of the molecule is CCCN(C)c1noc2c(F)c(N3C[C@@H](C)O[C@@H](C)C3)c(C=O)cc12. The number of hydrogen-bond acceptors (Lipinski definition) is 6. The van der Waals surface area contributed by atoms with Crippen LogP contribution in [-0.4, -0.2) is 50.3 Å². The van der Waals surface area contributed by atoms with E-state index in [0.29, 0.717) is 36.1 Å². The third-order valence-electron chi connectivity index (χ3n) is 4.47. The maximum atomic E-state index is 15.2. The topological polar surface area (TPSA) is 58.8 Å². The van der Waals surface area contributed by atoms with Gasteiger partial charge in [0.15, 0.2) is 17.9 Å². The molecule has 25 heavy (non-hydrogen) atoms. The van der Waals surface area contributed by atoms with Gasteiger partial charge in [-0.05, 0) is 26.3 Å². The number of morpholine rings is 1. The second kappa shape index (κ2) is 7.00. The molecule has 2 atom stereocenters. The largest absolute Gasteiger partial charge is 0.372 e. The maximum absolute atomic E-state index is 15.2. The van der Waals surface area contributed by atoms with Crippen molar-refractivity contribution in [3.05, 3.63) is 17.4 Å². The van der Waals surface area contributed by atoms with Crippen molar-refractivity contribution in [1.29, 1.82) is 0 Å². The molecule has 0 bridgehead atoms. The van der Waals surface area contributed by atoms with Crippen molar-refractivity contribution in [3.8, 4) is 0 Å². The molecule has 2 aromatic rings. The van der Waals surface area contributed by atoms with Crippen LogP contribution in [0.25, 0.3) is 11.0 Å². The lowest BCUT2D eigenvalue weighted by molar-refractivity contribution is -0.00543. The Morgan fingerprint density at radius 1 is 1.40 bits per heavy atom. The van der Waals surface area contributed by atoms with Gasteiger partial charge in [0, 0.05) is 32.2 Å². The predicted octanol–water partition coefficient (Wildman–Crippen LogP) is 3.24. The van der Waals surface area contributed by atoms with Crippen LogP contribution >= 0.6 is 0 Å². The minimum Gasteiger partial charge on any atom is -0.372 e. The van der Waals surface area contributed by atoms with Crippen molar-refractivity contribution in [2.75, 3.05) is 36.5 Å². The summed E-state index contributed by atoms with van der Waals surface area (Å²) in [5.74, 6) is 0.0127. The molecule has 1 aromatic heterocycles. The smallest absolute Gasteiger partial charge is 0.206 e. The van der Waals surface area contributed by atoms with E-state index in [0.717, 1.165) is 13.0 Å². The van der Waals surface area contributed by atoms with E-state index in [1.54, 1.807) is 6.07 Å². The molecule has 0 spiro atoms. The van der Waals surface area contributed by atoms with Crippen molar-refractivity contribution < 1.29 is 18.4 Å². The standard InChI is InChI=1S/C18H24FN3O3/c1-5-6-21(4)18-14-7-13(10-23)16(15(19)17(14)25-20-18)22-8-11(2)24-12(3)9-22/h7,10-12H,5-6,8-9H2,1-4H3/t11-,12+. The van der Waals surface area contributed by atoms with Gasteiger partial charge in [-0.15, -0.1) is 0 Å². The fourth-order valence-electron chi connectivity index (χ4n) is 3.52. The number of nitrogens with zero attached hydrogens (tertiary/aromatic N) is 3. The molecule has 7 heteroatoms. The molecule has 0 radical (unpaired) electrons. The minimum absolute atomic E-state index is 0.0423. The summed E-state index contributed by atoms with van der Waals surface area (Å²) < 4.78 is 26.2. The highest BCUT2D eigenvalue weighted by Gasteiger charge is 2.29. The van der Waals surface area contributed by atoms with Gasteiger partial charge in [0.25, 0.3) is 0 Å². The van der Waals surface area contributed by atoms with Crippen LogP contribution in [0.4, 0.5) is 15.9 Å². The van der Waals surface area contributed by atoms with Crippen molar-refractivity contribution in [2.45, 2.75) is 39.4 Å². The van der Waals surface area contributed by atoms with Gasteiger partial charge < -0.3 is 19.1 Å². The lowest BCUT2D eigenvalue weighted by Crippen LogP contribution is -2.46. The zero-order valence-corrected chi connectivity index (χ0v) is 15.1. The number of fused-ring (bicyclic) bond motifs is 1. The van der Waals surface area contributed by atoms with E-state index in [1.165, 1.54) is 0 Å². The molecule has 0 saturated carbocycles. The number of carbonyl (C=O) groups is 1. The Morgan fingerprint density at radius 3 is 2.68 bits per heavy atom. The van der Waals surface area contributed by atoms with Gasteiger partial charge in [-0.25, -0.2) is 4.39 Å². The summed E-state index contributed by atoms with van der Waals surface area (Å²) in [6, 6.07) is 1.67. The third-order valence-corrected chi connectivity index (χ3v) is 4.47. The number of carbonyl (C=O) groups excluding carboxylic acids is 1. The van der Waals surface area contributed by atoms with Crippen LogP contribution in [0.1, 0.15) is 37.6 Å². The van der Waals surface area contributed by atoms with Gasteiger partial charge in [-0.1, -0.05) is 12.1 Å². The van der Waals surface area contributed by atoms with Gasteiger partial charge in [-0.2, -0.15) is 0 Å². The first-order valence-corrected chi connectivity index (χ1v) is 8.64. The first kappa shape index (κ1) is 17.7. The summed E-state index contributed by atoms with van der Waals surface area (Å²) in [5, 5.41) is 4.54. The highest BCUT2D eigenvalue weighted by atomic mass is 19.1. The third kappa shape index (κ3) is 3.20. The fraction of sp³-hybridized carbons (Fsp3) is 0.556. The second-order valence-corrected chi connectivity index (χ2v) is 6.71. The van der Waals surface area contributed by atoms with Gasteiger partial charge >= 0.3 is 0 Å². The van der Waals surface area contributed by atoms with Crippen LogP contribution in [0.5, 0.6) is 0 Å². The average Bonchev–Trinajstić information content (AvgIpc) is 2.98. The van der Waals surface area contributed by atoms with E-state index < -0.39 is 5.82 Å². The molecule has 1 aliphatic heterocycles. The Labute approximate surface area is 146 Å². The summed E-state index contributed by atoms with van der Waals surface area (Å²) in [6.45, 7) is 7.72. The first-order chi connectivity index (χ1) is 12.0. The van der Waals surface area contributed by atoms with E-state index in [4.69, 9.17) is 9.26 Å². The number of benzene rings is 1. The van der Waals surface area contributed by atoms with Gasteiger partial charge in [0.05, 0.1) is 23.3 Å². The Bertz CT molecular complexity index is 767. The van der Waals surface area contributed by atoms with E-state index in [2.05, 4.69) is 12.1 Å². The first-order valence-electron chi connectivity index (χ1n) is 8.64. The van der Waals surface area contributed by atoms with Crippen molar-refractivity contribution >= 4 is 28.8 Å². The number of anilines is 2. The predicted molar refractivity (Wildman–Crippen MR) is 95.1 cm³/mol. The van der Waals surface area contributed by atoms with Gasteiger partial charge in [0.1, 0.15) is 0 Å². The Balaban J connectivity index is 2.11. The zero-order valence-electron chi connectivity index (χ0n) is 15.1. The molecule has 1 fully saturated rings. The van der Waals surface area contributed by atoms with Crippen LogP contribution < -0.4 is 9.80 Å². The lowest BCUT2D eigenvalue weighted by Gasteiger charge is -2.37. The number of aldehydes is 1. The number of halogens is 1. The monoisotopic (exact) mass is 349 g/mol. The molecule has 1 saturated heterocycles. The molecule has 1 aromatic carbocycles. The minimum atomic E-state index is -0.537. The van der Waals surface area contributed by atoms with Crippen molar-refractivity contribution in [2.24, 2.45) is 0 Å². The number of hydrogen-bond donors (Lipinski definition) is 0. The molecule has 136 valence electrons. The molecular formula is C18H24FN3O3. The molecule has 2 heterocycles. The quantitative estimate of drug-likeness (QED) is 0.773. The Hall–Kier alpha value is -2.15. The number of rotatable bonds is 5. The van der Waals surface area contributed by atoms with Crippen LogP contribution in [0.15, 0.2) is 10.6 Å². The van der Waals surface area contributed by atoms with Crippen LogP contribution in [0, 0.1) is 5.82 Å². The molecule has 0 unspecified atom stereocenters. The van der Waals surface area contributed by atoms with Crippen LogP contribution in [-0.2, 0) is 4.74 Å². The van der Waals surface area contributed by atoms with E-state index in [9.17, 15) is 4.79 Å².